The van der Waals surface area contributed by atoms with Gasteiger partial charge in [-0.25, -0.2) is 0 Å². The third-order valence-corrected chi connectivity index (χ3v) is 3.06. The molecule has 2 heterocycles. The molecule has 2 aromatic heterocycles. The summed E-state index contributed by atoms with van der Waals surface area (Å²) in [4.78, 5) is 20.8. The van der Waals surface area contributed by atoms with E-state index in [0.29, 0.717) is 18.8 Å². The van der Waals surface area contributed by atoms with E-state index in [9.17, 15) is 4.79 Å². The molecule has 0 aliphatic rings. The number of pyridine rings is 1. The highest BCUT2D eigenvalue weighted by Gasteiger charge is 2.06. The summed E-state index contributed by atoms with van der Waals surface area (Å²) in [6.07, 6.45) is 3.45. The second kappa shape index (κ2) is 6.11. The first-order chi connectivity index (χ1) is 8.79. The Hall–Kier alpha value is -1.95. The topological polar surface area (TPSA) is 66.9 Å². The van der Waals surface area contributed by atoms with Crippen molar-refractivity contribution in [3.63, 3.8) is 0 Å². The van der Waals surface area contributed by atoms with Crippen LogP contribution in [0.3, 0.4) is 0 Å². The lowest BCUT2D eigenvalue weighted by molar-refractivity contribution is 0.0951. The number of amides is 1. The van der Waals surface area contributed by atoms with Gasteiger partial charge in [-0.1, -0.05) is 0 Å². The van der Waals surface area contributed by atoms with Crippen LogP contribution in [-0.2, 0) is 6.54 Å². The summed E-state index contributed by atoms with van der Waals surface area (Å²) in [5.41, 5.74) is 3.09. The van der Waals surface area contributed by atoms with Gasteiger partial charge in [-0.15, -0.1) is 11.3 Å². The fourth-order valence-corrected chi connectivity index (χ4v) is 1.97. The summed E-state index contributed by atoms with van der Waals surface area (Å²) in [6.45, 7) is 3.17. The molecule has 0 aliphatic heterocycles. The number of rotatable bonds is 5. The molecule has 6 heteroatoms. The van der Waals surface area contributed by atoms with E-state index >= 15 is 0 Å². The molecule has 5 nitrogen and oxygen atoms in total. The predicted molar refractivity (Wildman–Crippen MR) is 71.7 cm³/mol. The first kappa shape index (κ1) is 12.5. The number of thiazole rings is 1. The van der Waals surface area contributed by atoms with Crippen LogP contribution in [0.15, 0.2) is 30.0 Å². The lowest BCUT2D eigenvalue weighted by atomic mass is 10.3. The molecule has 0 aromatic carbocycles. The molecule has 2 rings (SSSR count). The largest absolute Gasteiger partial charge is 0.380 e. The van der Waals surface area contributed by atoms with Crippen LogP contribution in [-0.4, -0.2) is 22.4 Å². The maximum Gasteiger partial charge on any atom is 0.269 e. The molecule has 0 aliphatic carbocycles. The number of anilines is 1. The van der Waals surface area contributed by atoms with Gasteiger partial charge in [0, 0.05) is 29.5 Å². The molecular formula is C12H14N4OS. The van der Waals surface area contributed by atoms with E-state index in [-0.39, 0.29) is 5.91 Å². The van der Waals surface area contributed by atoms with Gasteiger partial charge in [0.1, 0.15) is 5.69 Å². The van der Waals surface area contributed by atoms with Crippen molar-refractivity contribution >= 4 is 22.9 Å². The van der Waals surface area contributed by atoms with Crippen LogP contribution in [0.1, 0.15) is 22.3 Å². The molecule has 0 saturated heterocycles. The number of carbonyl (C=O) groups excluding carboxylic acids is 1. The Balaban J connectivity index is 2.01. The molecule has 0 saturated carbocycles. The Bertz CT molecular complexity index is 513. The number of nitrogens with zero attached hydrogens (tertiary/aromatic N) is 2. The fraction of sp³-hybridized carbons (Fsp3) is 0.250. The molecule has 0 fully saturated rings. The van der Waals surface area contributed by atoms with E-state index in [2.05, 4.69) is 20.6 Å². The van der Waals surface area contributed by atoms with Crippen molar-refractivity contribution in [1.29, 1.82) is 0 Å². The van der Waals surface area contributed by atoms with Crippen LogP contribution in [0.2, 0.25) is 0 Å². The highest BCUT2D eigenvalue weighted by atomic mass is 32.1. The minimum atomic E-state index is -0.154. The van der Waals surface area contributed by atoms with Gasteiger partial charge < -0.3 is 10.6 Å². The molecular weight excluding hydrogens is 248 g/mol. The third-order valence-electron chi connectivity index (χ3n) is 2.28. The second-order valence-electron chi connectivity index (χ2n) is 3.61. The molecule has 0 atom stereocenters. The van der Waals surface area contributed by atoms with Crippen molar-refractivity contribution in [2.24, 2.45) is 0 Å². The quantitative estimate of drug-likeness (QED) is 0.863. The number of hydrogen-bond donors (Lipinski definition) is 2. The number of aromatic nitrogens is 2. The zero-order chi connectivity index (χ0) is 12.8. The van der Waals surface area contributed by atoms with Gasteiger partial charge in [0.25, 0.3) is 5.91 Å². The average Bonchev–Trinajstić information content (AvgIpc) is 2.90. The molecule has 1 amide bonds. The minimum Gasteiger partial charge on any atom is -0.380 e. The smallest absolute Gasteiger partial charge is 0.269 e. The van der Waals surface area contributed by atoms with E-state index in [0.717, 1.165) is 10.6 Å². The van der Waals surface area contributed by atoms with Crippen LogP contribution in [0, 0.1) is 0 Å². The lowest BCUT2D eigenvalue weighted by Crippen LogP contribution is -2.23. The molecule has 2 aromatic rings. The summed E-state index contributed by atoms with van der Waals surface area (Å²) in [7, 11) is 0. The van der Waals surface area contributed by atoms with Crippen molar-refractivity contribution in [1.82, 2.24) is 15.3 Å². The Morgan fingerprint density at radius 3 is 3.11 bits per heavy atom. The van der Waals surface area contributed by atoms with Gasteiger partial charge >= 0.3 is 0 Å². The van der Waals surface area contributed by atoms with E-state index in [4.69, 9.17) is 0 Å². The molecule has 0 spiro atoms. The van der Waals surface area contributed by atoms with Gasteiger partial charge in [-0.05, 0) is 19.1 Å². The van der Waals surface area contributed by atoms with Crippen molar-refractivity contribution in [2.45, 2.75) is 13.5 Å². The fourth-order valence-electron chi connectivity index (χ4n) is 1.43. The van der Waals surface area contributed by atoms with Gasteiger partial charge in [0.2, 0.25) is 0 Å². The third kappa shape index (κ3) is 3.27. The van der Waals surface area contributed by atoms with Crippen molar-refractivity contribution in [2.75, 3.05) is 11.9 Å². The van der Waals surface area contributed by atoms with Gasteiger partial charge in [0.05, 0.1) is 12.1 Å². The zero-order valence-electron chi connectivity index (χ0n) is 10.0. The van der Waals surface area contributed by atoms with E-state index in [1.165, 1.54) is 0 Å². The zero-order valence-corrected chi connectivity index (χ0v) is 10.8. The predicted octanol–water partition coefficient (Wildman–Crippen LogP) is 1.90. The summed E-state index contributed by atoms with van der Waals surface area (Å²) in [6, 6.07) is 3.58. The summed E-state index contributed by atoms with van der Waals surface area (Å²) >= 11 is 1.59. The first-order valence-electron chi connectivity index (χ1n) is 5.65. The monoisotopic (exact) mass is 262 g/mol. The van der Waals surface area contributed by atoms with Gasteiger partial charge in [0.15, 0.2) is 0 Å². The van der Waals surface area contributed by atoms with Crippen LogP contribution >= 0.6 is 11.3 Å². The Kier molecular flexibility index (Phi) is 4.25. The van der Waals surface area contributed by atoms with E-state index in [1.807, 2.05) is 19.2 Å². The Morgan fingerprint density at radius 1 is 1.50 bits per heavy atom. The maximum atomic E-state index is 11.6. The standard InChI is InChI=1S/C12H14N4OS/c1-2-14-12(17)11-5-9(3-4-15-11)16-7-10-6-13-8-18-10/h3-6,8H,2,7H2,1H3,(H,14,17)(H,15,16). The average molecular weight is 262 g/mol. The minimum absolute atomic E-state index is 0.154. The summed E-state index contributed by atoms with van der Waals surface area (Å²) in [5.74, 6) is -0.154. The maximum absolute atomic E-state index is 11.6. The highest BCUT2D eigenvalue weighted by molar-refractivity contribution is 7.09. The molecule has 0 radical (unpaired) electrons. The number of nitrogens with one attached hydrogen (secondary N) is 2. The van der Waals surface area contributed by atoms with Crippen LogP contribution in [0.25, 0.3) is 0 Å². The van der Waals surface area contributed by atoms with Crippen molar-refractivity contribution < 1.29 is 4.79 Å². The molecule has 94 valence electrons. The van der Waals surface area contributed by atoms with Crippen molar-refractivity contribution in [3.8, 4) is 0 Å². The highest BCUT2D eigenvalue weighted by Crippen LogP contribution is 2.12. The molecule has 0 bridgehead atoms. The van der Waals surface area contributed by atoms with E-state index < -0.39 is 0 Å². The van der Waals surface area contributed by atoms with Crippen LogP contribution < -0.4 is 10.6 Å². The Labute approximate surface area is 109 Å². The molecule has 2 N–H and O–H groups in total. The summed E-state index contributed by atoms with van der Waals surface area (Å²) in [5, 5.41) is 5.96. The Morgan fingerprint density at radius 2 is 2.39 bits per heavy atom. The van der Waals surface area contributed by atoms with Crippen LogP contribution in [0.5, 0.6) is 0 Å². The SMILES string of the molecule is CCNC(=O)c1cc(NCc2cncs2)ccn1. The van der Waals surface area contributed by atoms with E-state index in [1.54, 1.807) is 29.1 Å². The first-order valence-corrected chi connectivity index (χ1v) is 6.53. The molecule has 18 heavy (non-hydrogen) atoms. The second-order valence-corrected chi connectivity index (χ2v) is 4.58. The number of carbonyl (C=O) groups is 1. The summed E-state index contributed by atoms with van der Waals surface area (Å²) < 4.78 is 0. The van der Waals surface area contributed by atoms with Crippen molar-refractivity contribution in [3.05, 3.63) is 40.6 Å². The van der Waals surface area contributed by atoms with Crippen LogP contribution in [0.4, 0.5) is 5.69 Å². The number of hydrogen-bond acceptors (Lipinski definition) is 5. The molecule has 0 unspecified atom stereocenters. The lowest BCUT2D eigenvalue weighted by Gasteiger charge is -2.06. The normalized spacial score (nSPS) is 10.1. The van der Waals surface area contributed by atoms with Gasteiger partial charge in [-0.3, -0.25) is 14.8 Å². The van der Waals surface area contributed by atoms with Gasteiger partial charge in [-0.2, -0.15) is 0 Å².